The number of pyridine rings is 2. The molecule has 204 valence electrons. The number of aromatic nitrogens is 6. The van der Waals surface area contributed by atoms with Crippen molar-refractivity contribution in [3.8, 4) is 17.2 Å². The van der Waals surface area contributed by atoms with Gasteiger partial charge in [0.15, 0.2) is 15.5 Å². The van der Waals surface area contributed by atoms with Crippen LogP contribution in [0.4, 0.5) is 23.0 Å². The average molecular weight is 556 g/mol. The molecule has 3 N–H and O–H groups in total. The maximum Gasteiger partial charge on any atom is 0.177 e. The predicted molar refractivity (Wildman–Crippen MR) is 155 cm³/mol. The summed E-state index contributed by atoms with van der Waals surface area (Å²) in [6, 6.07) is 12.8. The zero-order chi connectivity index (χ0) is 28.8. The molecule has 0 unspecified atom stereocenters. The van der Waals surface area contributed by atoms with Crippen LogP contribution in [0.2, 0.25) is 0 Å². The SMILES string of the molecule is Cc1nc2c(Nc3ccc(-c4cnn(C)c4C)cc3S(C)(=O)=O)cc(Nc3ccc(C(C)C)c(C#N)n3)nc2[nH]1. The first-order valence-electron chi connectivity index (χ1n) is 12.6. The number of hydrogen-bond acceptors (Lipinski definition) is 9. The molecule has 40 heavy (non-hydrogen) atoms. The van der Waals surface area contributed by atoms with Crippen molar-refractivity contribution < 1.29 is 8.42 Å². The Kier molecular flexibility index (Phi) is 6.77. The van der Waals surface area contributed by atoms with Crippen molar-refractivity contribution in [3.05, 3.63) is 65.4 Å². The number of nitrogens with one attached hydrogen (secondary N) is 3. The van der Waals surface area contributed by atoms with Crippen LogP contribution in [0.5, 0.6) is 0 Å². The van der Waals surface area contributed by atoms with E-state index >= 15 is 0 Å². The van der Waals surface area contributed by atoms with E-state index in [0.29, 0.717) is 45.7 Å². The van der Waals surface area contributed by atoms with Gasteiger partial charge in [-0.3, -0.25) is 4.68 Å². The Balaban J connectivity index is 1.57. The Labute approximate surface area is 232 Å². The maximum atomic E-state index is 12.9. The van der Waals surface area contributed by atoms with E-state index in [4.69, 9.17) is 0 Å². The lowest BCUT2D eigenvalue weighted by Crippen LogP contribution is -2.05. The second-order valence-corrected chi connectivity index (χ2v) is 12.0. The number of imidazole rings is 1. The fourth-order valence-corrected chi connectivity index (χ4v) is 5.38. The van der Waals surface area contributed by atoms with E-state index in [1.54, 1.807) is 35.1 Å². The largest absolute Gasteiger partial charge is 0.352 e. The smallest absolute Gasteiger partial charge is 0.177 e. The van der Waals surface area contributed by atoms with Crippen LogP contribution in [0.25, 0.3) is 22.3 Å². The molecule has 0 aliphatic rings. The molecule has 0 radical (unpaired) electrons. The number of fused-ring (bicyclic) bond motifs is 1. The Morgan fingerprint density at radius 1 is 1.00 bits per heavy atom. The van der Waals surface area contributed by atoms with E-state index < -0.39 is 9.84 Å². The van der Waals surface area contributed by atoms with Crippen molar-refractivity contribution in [2.24, 2.45) is 7.05 Å². The molecule has 0 amide bonds. The van der Waals surface area contributed by atoms with Gasteiger partial charge in [0.25, 0.3) is 0 Å². The summed E-state index contributed by atoms with van der Waals surface area (Å²) in [4.78, 5) is 16.9. The molecule has 0 spiro atoms. The molecular formula is C28H29N9O2S. The lowest BCUT2D eigenvalue weighted by Gasteiger charge is -2.15. The highest BCUT2D eigenvalue weighted by Gasteiger charge is 2.19. The minimum atomic E-state index is -3.61. The van der Waals surface area contributed by atoms with Crippen LogP contribution in [0.15, 0.2) is 47.5 Å². The van der Waals surface area contributed by atoms with Crippen LogP contribution < -0.4 is 10.6 Å². The summed E-state index contributed by atoms with van der Waals surface area (Å²) in [7, 11) is -1.76. The van der Waals surface area contributed by atoms with Crippen molar-refractivity contribution in [1.29, 1.82) is 5.26 Å². The molecule has 0 saturated carbocycles. The molecule has 4 heterocycles. The monoisotopic (exact) mass is 555 g/mol. The molecule has 5 aromatic rings. The Bertz CT molecular complexity index is 1910. The minimum Gasteiger partial charge on any atom is -0.352 e. The van der Waals surface area contributed by atoms with Crippen molar-refractivity contribution >= 4 is 44.0 Å². The van der Waals surface area contributed by atoms with E-state index in [2.05, 4.69) is 41.7 Å². The normalized spacial score (nSPS) is 11.7. The van der Waals surface area contributed by atoms with Gasteiger partial charge >= 0.3 is 0 Å². The molecule has 1 aromatic carbocycles. The fraction of sp³-hybridized carbons (Fsp3) is 0.250. The summed E-state index contributed by atoms with van der Waals surface area (Å²) in [6.07, 6.45) is 2.90. The molecule has 0 aliphatic carbocycles. The number of sulfone groups is 1. The number of aryl methyl sites for hydroxylation is 2. The molecular weight excluding hydrogens is 526 g/mol. The number of rotatable bonds is 7. The molecule has 12 heteroatoms. The topological polar surface area (TPSA) is 154 Å². The van der Waals surface area contributed by atoms with E-state index in [1.165, 1.54) is 6.26 Å². The van der Waals surface area contributed by atoms with Gasteiger partial charge in [0.1, 0.15) is 34.7 Å². The molecule has 5 rings (SSSR count). The van der Waals surface area contributed by atoms with E-state index in [-0.39, 0.29) is 10.8 Å². The molecule has 4 aromatic heterocycles. The van der Waals surface area contributed by atoms with Crippen molar-refractivity contribution in [2.75, 3.05) is 16.9 Å². The van der Waals surface area contributed by atoms with Crippen molar-refractivity contribution in [1.82, 2.24) is 29.7 Å². The first-order valence-corrected chi connectivity index (χ1v) is 14.5. The van der Waals surface area contributed by atoms with Gasteiger partial charge in [-0.2, -0.15) is 10.4 Å². The number of nitrogens with zero attached hydrogens (tertiary/aromatic N) is 6. The van der Waals surface area contributed by atoms with Crippen LogP contribution in [0.1, 0.15) is 42.5 Å². The van der Waals surface area contributed by atoms with Crippen LogP contribution in [0.3, 0.4) is 0 Å². The zero-order valence-electron chi connectivity index (χ0n) is 23.0. The molecule has 0 atom stereocenters. The Morgan fingerprint density at radius 2 is 1.77 bits per heavy atom. The average Bonchev–Trinajstić information content (AvgIpc) is 3.44. The number of H-pyrrole nitrogens is 1. The zero-order valence-corrected chi connectivity index (χ0v) is 23.8. The van der Waals surface area contributed by atoms with Crippen LogP contribution in [-0.2, 0) is 16.9 Å². The summed E-state index contributed by atoms with van der Waals surface area (Å²) in [5.74, 6) is 1.71. The highest BCUT2D eigenvalue weighted by molar-refractivity contribution is 7.90. The highest BCUT2D eigenvalue weighted by atomic mass is 32.2. The summed E-state index contributed by atoms with van der Waals surface area (Å²) in [5.41, 5.74) is 5.74. The molecule has 0 saturated heterocycles. The van der Waals surface area contributed by atoms with Crippen molar-refractivity contribution in [3.63, 3.8) is 0 Å². The second kappa shape index (κ2) is 10.1. The minimum absolute atomic E-state index is 0.143. The van der Waals surface area contributed by atoms with Gasteiger partial charge in [0.05, 0.1) is 22.5 Å². The third-order valence-electron chi connectivity index (χ3n) is 6.68. The first-order chi connectivity index (χ1) is 18.9. The number of hydrogen-bond donors (Lipinski definition) is 3. The van der Waals surface area contributed by atoms with E-state index in [1.807, 2.05) is 46.9 Å². The molecule has 0 fully saturated rings. The third kappa shape index (κ3) is 5.11. The Hall–Kier alpha value is -4.76. The molecule has 11 nitrogen and oxygen atoms in total. The van der Waals surface area contributed by atoms with Crippen LogP contribution in [0, 0.1) is 25.2 Å². The highest BCUT2D eigenvalue weighted by Crippen LogP contribution is 2.34. The summed E-state index contributed by atoms with van der Waals surface area (Å²) >= 11 is 0. The summed E-state index contributed by atoms with van der Waals surface area (Å²) < 4.78 is 27.5. The molecule has 0 bridgehead atoms. The van der Waals surface area contributed by atoms with Gasteiger partial charge in [0.2, 0.25) is 0 Å². The van der Waals surface area contributed by atoms with Crippen LogP contribution >= 0.6 is 0 Å². The lowest BCUT2D eigenvalue weighted by molar-refractivity contribution is 0.602. The standard InChI is InChI=1S/C28H29N9O2S/c1-15(2)19-8-10-25(34-23(19)13-29)35-26-12-22(27-28(36-26)32-17(4)31-27)33-21-9-7-18(11-24(21)40(6,38)39)20-14-30-37(5)16(20)3/h7-12,14-15H,1-6H3,(H3,31,32,33,34,35,36). The van der Waals surface area contributed by atoms with Crippen molar-refractivity contribution in [2.45, 2.75) is 38.5 Å². The van der Waals surface area contributed by atoms with Crippen LogP contribution in [-0.4, -0.2) is 44.4 Å². The van der Waals surface area contributed by atoms with Gasteiger partial charge in [0, 0.05) is 30.6 Å². The van der Waals surface area contributed by atoms with E-state index in [9.17, 15) is 13.7 Å². The summed E-state index contributed by atoms with van der Waals surface area (Å²) in [5, 5.41) is 20.3. The number of aromatic amines is 1. The third-order valence-corrected chi connectivity index (χ3v) is 7.82. The maximum absolute atomic E-state index is 12.9. The lowest BCUT2D eigenvalue weighted by atomic mass is 10.0. The Morgan fingerprint density at radius 3 is 2.42 bits per heavy atom. The van der Waals surface area contributed by atoms with Gasteiger partial charge < -0.3 is 15.6 Å². The fourth-order valence-electron chi connectivity index (χ4n) is 4.52. The van der Waals surface area contributed by atoms with Gasteiger partial charge in [-0.15, -0.1) is 0 Å². The van der Waals surface area contributed by atoms with Gasteiger partial charge in [-0.05, 0) is 49.1 Å². The second-order valence-electron chi connectivity index (χ2n) is 9.98. The number of nitriles is 1. The summed E-state index contributed by atoms with van der Waals surface area (Å²) in [6.45, 7) is 7.76. The number of anilines is 4. The number of benzene rings is 1. The first kappa shape index (κ1) is 26.8. The quantitative estimate of drug-likeness (QED) is 0.244. The molecule has 0 aliphatic heterocycles. The van der Waals surface area contributed by atoms with E-state index in [0.717, 1.165) is 22.4 Å². The van der Waals surface area contributed by atoms with Gasteiger partial charge in [-0.1, -0.05) is 26.0 Å². The van der Waals surface area contributed by atoms with Gasteiger partial charge in [-0.25, -0.2) is 23.4 Å². The predicted octanol–water partition coefficient (Wildman–Crippen LogP) is 5.26.